The summed E-state index contributed by atoms with van der Waals surface area (Å²) in [6, 6.07) is 13.9. The van der Waals surface area contributed by atoms with Crippen molar-refractivity contribution in [2.24, 2.45) is 0 Å². The zero-order valence-electron chi connectivity index (χ0n) is 15.2. The number of amides is 1. The van der Waals surface area contributed by atoms with Crippen molar-refractivity contribution >= 4 is 29.0 Å². The van der Waals surface area contributed by atoms with Gasteiger partial charge in [-0.2, -0.15) is 0 Å². The second-order valence-corrected chi connectivity index (χ2v) is 6.68. The van der Waals surface area contributed by atoms with E-state index in [1.165, 1.54) is 6.92 Å². The van der Waals surface area contributed by atoms with Crippen molar-refractivity contribution in [3.63, 3.8) is 0 Å². The summed E-state index contributed by atoms with van der Waals surface area (Å²) in [5.74, 6) is 0.617. The molecule has 0 aromatic heterocycles. The third-order valence-electron chi connectivity index (χ3n) is 4.25. The number of hydrogen-bond acceptors (Lipinski definition) is 3. The van der Waals surface area contributed by atoms with Crippen molar-refractivity contribution in [2.75, 3.05) is 25.5 Å². The normalized spacial score (nSPS) is 12.9. The van der Waals surface area contributed by atoms with E-state index in [1.807, 2.05) is 26.1 Å². The molecular weight excluding hydrogens is 352 g/mol. The van der Waals surface area contributed by atoms with Crippen LogP contribution in [0.1, 0.15) is 24.2 Å². The summed E-state index contributed by atoms with van der Waals surface area (Å²) < 4.78 is 5.67. The molecule has 0 spiro atoms. The molecule has 0 aliphatic rings. The molecule has 2 rings (SSSR count). The average molecular weight is 376 g/mol. The summed E-state index contributed by atoms with van der Waals surface area (Å²) in [4.78, 5) is 24.9. The average Bonchev–Trinajstić information content (AvgIpc) is 2.62. The smallest absolute Gasteiger partial charge is 0.282 e. The Hall–Kier alpha value is -2.37. The quantitative estimate of drug-likeness (QED) is 0.697. The lowest BCUT2D eigenvalue weighted by Gasteiger charge is -2.21. The molecule has 0 saturated heterocycles. The Kier molecular flexibility index (Phi) is 7.18. The molecular formula is C20H24ClN2O3+. The number of carbonyl (C=O) groups is 2. The predicted octanol–water partition coefficient (Wildman–Crippen LogP) is 2.46. The monoisotopic (exact) mass is 375 g/mol. The van der Waals surface area contributed by atoms with Gasteiger partial charge in [0.15, 0.2) is 11.8 Å². The second-order valence-electron chi connectivity index (χ2n) is 6.25. The summed E-state index contributed by atoms with van der Waals surface area (Å²) >= 11 is 5.84. The van der Waals surface area contributed by atoms with Crippen LogP contribution in [0, 0.1) is 0 Å². The number of quaternary nitrogens is 1. The van der Waals surface area contributed by atoms with Crippen LogP contribution < -0.4 is 15.0 Å². The molecule has 1 unspecified atom stereocenters. The first-order chi connectivity index (χ1) is 12.4. The zero-order valence-corrected chi connectivity index (χ0v) is 16.0. The van der Waals surface area contributed by atoms with Gasteiger partial charge in [0.1, 0.15) is 18.9 Å². The van der Waals surface area contributed by atoms with Crippen LogP contribution in [0.25, 0.3) is 0 Å². The third kappa shape index (κ3) is 5.86. The standard InChI is InChI=1S/C20H23ClN2O3/c1-14(20(25)22-18-6-4-5-16(13-18)15(2)24)23(3)11-12-26-19-9-7-17(21)8-10-19/h4-10,13-14H,11-12H2,1-3H3,(H,22,25)/p+1/t14-/m0/s1. The largest absolute Gasteiger partial charge is 0.488 e. The molecule has 6 heteroatoms. The number of halogens is 1. The number of ether oxygens (including phenoxy) is 1. The number of Topliss-reactive ketones (excluding diaryl/α,β-unsaturated/α-hetero) is 1. The van der Waals surface area contributed by atoms with E-state index < -0.39 is 0 Å². The molecule has 2 N–H and O–H groups in total. The number of ketones is 1. The SMILES string of the molecule is CC(=O)c1cccc(NC(=O)[C@H](C)[NH+](C)CCOc2ccc(Cl)cc2)c1. The minimum Gasteiger partial charge on any atom is -0.488 e. The lowest BCUT2D eigenvalue weighted by atomic mass is 10.1. The Morgan fingerprint density at radius 3 is 2.54 bits per heavy atom. The molecule has 0 aliphatic carbocycles. The Labute approximate surface area is 158 Å². The highest BCUT2D eigenvalue weighted by Crippen LogP contribution is 2.15. The van der Waals surface area contributed by atoms with Gasteiger partial charge in [0.05, 0.1) is 7.05 Å². The Bertz CT molecular complexity index is 762. The fourth-order valence-corrected chi connectivity index (χ4v) is 2.49. The zero-order chi connectivity index (χ0) is 19.1. The van der Waals surface area contributed by atoms with Gasteiger partial charge in [-0.05, 0) is 50.2 Å². The molecule has 0 radical (unpaired) electrons. The number of hydrogen-bond donors (Lipinski definition) is 2. The molecule has 0 aliphatic heterocycles. The Balaban J connectivity index is 1.83. The van der Waals surface area contributed by atoms with Crippen molar-refractivity contribution in [1.82, 2.24) is 0 Å². The highest BCUT2D eigenvalue weighted by atomic mass is 35.5. The van der Waals surface area contributed by atoms with Crippen LogP contribution in [-0.4, -0.2) is 37.9 Å². The van der Waals surface area contributed by atoms with Gasteiger partial charge >= 0.3 is 0 Å². The van der Waals surface area contributed by atoms with E-state index in [9.17, 15) is 9.59 Å². The molecule has 2 aromatic carbocycles. The molecule has 138 valence electrons. The van der Waals surface area contributed by atoms with Crippen molar-refractivity contribution in [2.45, 2.75) is 19.9 Å². The first-order valence-electron chi connectivity index (χ1n) is 8.49. The van der Waals surface area contributed by atoms with Gasteiger partial charge in [0, 0.05) is 16.3 Å². The minimum atomic E-state index is -0.259. The van der Waals surface area contributed by atoms with E-state index in [4.69, 9.17) is 16.3 Å². The van der Waals surface area contributed by atoms with Crippen LogP contribution >= 0.6 is 11.6 Å². The van der Waals surface area contributed by atoms with Gasteiger partial charge < -0.3 is 15.0 Å². The summed E-state index contributed by atoms with van der Waals surface area (Å²) in [5, 5.41) is 3.53. The van der Waals surface area contributed by atoms with E-state index in [2.05, 4.69) is 5.32 Å². The van der Waals surface area contributed by atoms with Crippen LogP contribution in [-0.2, 0) is 4.79 Å². The maximum Gasteiger partial charge on any atom is 0.282 e. The lowest BCUT2D eigenvalue weighted by Crippen LogP contribution is -3.14. The van der Waals surface area contributed by atoms with Crippen LogP contribution in [0.4, 0.5) is 5.69 Å². The molecule has 26 heavy (non-hydrogen) atoms. The summed E-state index contributed by atoms with van der Waals surface area (Å²) in [7, 11) is 1.95. The molecule has 0 bridgehead atoms. The highest BCUT2D eigenvalue weighted by Gasteiger charge is 2.21. The molecule has 0 fully saturated rings. The van der Waals surface area contributed by atoms with Crippen LogP contribution in [0.5, 0.6) is 5.75 Å². The van der Waals surface area contributed by atoms with E-state index in [0.29, 0.717) is 29.4 Å². The second kappa shape index (κ2) is 9.36. The van der Waals surface area contributed by atoms with Gasteiger partial charge in [0.25, 0.3) is 5.91 Å². The van der Waals surface area contributed by atoms with E-state index in [1.54, 1.807) is 36.4 Å². The lowest BCUT2D eigenvalue weighted by molar-refractivity contribution is -0.894. The summed E-state index contributed by atoms with van der Waals surface area (Å²) in [6.07, 6.45) is 0. The van der Waals surface area contributed by atoms with Gasteiger partial charge in [-0.1, -0.05) is 23.7 Å². The predicted molar refractivity (Wildman–Crippen MR) is 103 cm³/mol. The van der Waals surface area contributed by atoms with E-state index in [0.717, 1.165) is 10.6 Å². The first-order valence-corrected chi connectivity index (χ1v) is 8.87. The first kappa shape index (κ1) is 19.9. The number of anilines is 1. The fraction of sp³-hybridized carbons (Fsp3) is 0.300. The Morgan fingerprint density at radius 2 is 1.88 bits per heavy atom. The molecule has 0 heterocycles. The third-order valence-corrected chi connectivity index (χ3v) is 4.50. The summed E-state index contributed by atoms with van der Waals surface area (Å²) in [5.41, 5.74) is 1.20. The molecule has 0 saturated carbocycles. The van der Waals surface area contributed by atoms with E-state index >= 15 is 0 Å². The van der Waals surface area contributed by atoms with Gasteiger partial charge in [0.2, 0.25) is 0 Å². The number of carbonyl (C=O) groups excluding carboxylic acids is 2. The van der Waals surface area contributed by atoms with E-state index in [-0.39, 0.29) is 17.7 Å². The van der Waals surface area contributed by atoms with Crippen molar-refractivity contribution < 1.29 is 19.2 Å². The van der Waals surface area contributed by atoms with Crippen molar-refractivity contribution in [3.05, 3.63) is 59.1 Å². The fourth-order valence-electron chi connectivity index (χ4n) is 2.37. The maximum atomic E-state index is 12.4. The van der Waals surface area contributed by atoms with Gasteiger partial charge in [-0.15, -0.1) is 0 Å². The number of likely N-dealkylation sites (N-methyl/N-ethyl adjacent to an activating group) is 1. The Morgan fingerprint density at radius 1 is 1.19 bits per heavy atom. The topological polar surface area (TPSA) is 59.8 Å². The van der Waals surface area contributed by atoms with Crippen molar-refractivity contribution in [3.8, 4) is 5.75 Å². The van der Waals surface area contributed by atoms with Gasteiger partial charge in [-0.3, -0.25) is 9.59 Å². The maximum absolute atomic E-state index is 12.4. The van der Waals surface area contributed by atoms with Crippen LogP contribution in [0.15, 0.2) is 48.5 Å². The summed E-state index contributed by atoms with van der Waals surface area (Å²) in [6.45, 7) is 4.53. The molecule has 1 amide bonds. The van der Waals surface area contributed by atoms with Crippen LogP contribution in [0.3, 0.4) is 0 Å². The number of rotatable bonds is 8. The van der Waals surface area contributed by atoms with Crippen molar-refractivity contribution in [1.29, 1.82) is 0 Å². The number of nitrogens with one attached hydrogen (secondary N) is 2. The minimum absolute atomic E-state index is 0.0313. The highest BCUT2D eigenvalue weighted by molar-refractivity contribution is 6.30. The van der Waals surface area contributed by atoms with Gasteiger partial charge in [-0.25, -0.2) is 0 Å². The molecule has 2 atom stereocenters. The van der Waals surface area contributed by atoms with Crippen LogP contribution in [0.2, 0.25) is 5.02 Å². The molecule has 2 aromatic rings. The number of benzene rings is 2. The molecule has 5 nitrogen and oxygen atoms in total.